The average Bonchev–Trinajstić information content (AvgIpc) is 2.12. The van der Waals surface area contributed by atoms with Crippen molar-refractivity contribution < 1.29 is 14.6 Å². The molecule has 1 N–H and O–H groups in total. The zero-order valence-electron chi connectivity index (χ0n) is 7.64. The number of carbonyl (C=O) groups is 1. The maximum Gasteiger partial charge on any atom is 0.339 e. The van der Waals surface area contributed by atoms with Crippen LogP contribution in [0.5, 0.6) is 5.75 Å². The minimum atomic E-state index is -0.971. The molecule has 0 bridgehead atoms. The quantitative estimate of drug-likeness (QED) is 0.793. The highest BCUT2D eigenvalue weighted by Crippen LogP contribution is 2.26. The van der Waals surface area contributed by atoms with Crippen molar-refractivity contribution in [2.45, 2.75) is 25.4 Å². The molecule has 74 valence electrons. The van der Waals surface area contributed by atoms with Gasteiger partial charge in [0, 0.05) is 6.20 Å². The molecule has 1 aliphatic carbocycles. The number of carboxylic acid groups (broad SMARTS) is 1. The van der Waals surface area contributed by atoms with Crippen LogP contribution in [-0.4, -0.2) is 22.2 Å². The van der Waals surface area contributed by atoms with Crippen LogP contribution in [0.3, 0.4) is 0 Å². The topological polar surface area (TPSA) is 59.4 Å². The van der Waals surface area contributed by atoms with Crippen LogP contribution in [0.15, 0.2) is 18.5 Å². The van der Waals surface area contributed by atoms with Crippen molar-refractivity contribution in [2.75, 3.05) is 0 Å². The third kappa shape index (κ3) is 1.69. The van der Waals surface area contributed by atoms with E-state index in [-0.39, 0.29) is 11.7 Å². The number of aromatic carboxylic acids is 1. The van der Waals surface area contributed by atoms with Gasteiger partial charge in [0.05, 0.1) is 12.3 Å². The maximum absolute atomic E-state index is 10.8. The van der Waals surface area contributed by atoms with Gasteiger partial charge in [-0.25, -0.2) is 4.79 Å². The summed E-state index contributed by atoms with van der Waals surface area (Å²) >= 11 is 0. The Hall–Kier alpha value is -1.58. The summed E-state index contributed by atoms with van der Waals surface area (Å²) in [6.07, 6.45) is 6.27. The Morgan fingerprint density at radius 1 is 1.57 bits per heavy atom. The van der Waals surface area contributed by atoms with Gasteiger partial charge in [0.1, 0.15) is 5.56 Å². The normalized spacial score (nSPS) is 16.0. The summed E-state index contributed by atoms with van der Waals surface area (Å²) in [7, 11) is 0. The number of carboxylic acids is 1. The number of pyridine rings is 1. The third-order valence-electron chi connectivity index (χ3n) is 2.36. The van der Waals surface area contributed by atoms with Crippen LogP contribution in [0.1, 0.15) is 29.6 Å². The Morgan fingerprint density at radius 2 is 2.36 bits per heavy atom. The molecule has 2 rings (SSSR count). The lowest BCUT2D eigenvalue weighted by Gasteiger charge is -2.26. The molecule has 1 aromatic rings. The van der Waals surface area contributed by atoms with Crippen molar-refractivity contribution in [1.82, 2.24) is 4.98 Å². The molecule has 1 heterocycles. The van der Waals surface area contributed by atoms with Crippen LogP contribution in [0, 0.1) is 0 Å². The number of hydrogen-bond acceptors (Lipinski definition) is 3. The predicted octanol–water partition coefficient (Wildman–Crippen LogP) is 1.71. The lowest BCUT2D eigenvalue weighted by atomic mass is 9.96. The van der Waals surface area contributed by atoms with E-state index in [9.17, 15) is 4.79 Å². The van der Waals surface area contributed by atoms with E-state index in [0.29, 0.717) is 5.75 Å². The third-order valence-corrected chi connectivity index (χ3v) is 2.36. The second kappa shape index (κ2) is 3.65. The first kappa shape index (κ1) is 8.99. The van der Waals surface area contributed by atoms with Crippen LogP contribution in [0.4, 0.5) is 0 Å². The fourth-order valence-electron chi connectivity index (χ4n) is 1.32. The van der Waals surface area contributed by atoms with Gasteiger partial charge in [0.25, 0.3) is 0 Å². The smallest absolute Gasteiger partial charge is 0.339 e. The van der Waals surface area contributed by atoms with Crippen molar-refractivity contribution in [3.63, 3.8) is 0 Å². The molecule has 0 atom stereocenters. The van der Waals surface area contributed by atoms with Crippen LogP contribution >= 0.6 is 0 Å². The summed E-state index contributed by atoms with van der Waals surface area (Å²) in [5.74, 6) is -0.591. The van der Waals surface area contributed by atoms with Gasteiger partial charge in [-0.3, -0.25) is 4.98 Å². The summed E-state index contributed by atoms with van der Waals surface area (Å²) in [6, 6.07) is 1.45. The zero-order chi connectivity index (χ0) is 9.97. The van der Waals surface area contributed by atoms with Gasteiger partial charge in [0.15, 0.2) is 5.75 Å². The van der Waals surface area contributed by atoms with E-state index in [1.165, 1.54) is 18.5 Å². The molecule has 0 spiro atoms. The molecule has 1 aromatic heterocycles. The van der Waals surface area contributed by atoms with E-state index in [2.05, 4.69) is 4.98 Å². The maximum atomic E-state index is 10.8. The molecule has 0 saturated heterocycles. The molecule has 1 aliphatic rings. The molecule has 0 radical (unpaired) electrons. The molecule has 0 aromatic carbocycles. The summed E-state index contributed by atoms with van der Waals surface area (Å²) in [5.41, 5.74) is 0.187. The summed E-state index contributed by atoms with van der Waals surface area (Å²) in [5, 5.41) is 8.86. The molecule has 1 fully saturated rings. The zero-order valence-corrected chi connectivity index (χ0v) is 7.64. The molecule has 4 heteroatoms. The van der Waals surface area contributed by atoms with Gasteiger partial charge >= 0.3 is 5.97 Å². The summed E-state index contributed by atoms with van der Waals surface area (Å²) in [4.78, 5) is 14.7. The molecular formula is C10H11NO3. The van der Waals surface area contributed by atoms with Crippen molar-refractivity contribution in [3.05, 3.63) is 24.0 Å². The molecule has 4 nitrogen and oxygen atoms in total. The van der Waals surface area contributed by atoms with E-state index >= 15 is 0 Å². The lowest BCUT2D eigenvalue weighted by Crippen LogP contribution is -2.25. The highest BCUT2D eigenvalue weighted by atomic mass is 16.5. The first-order chi connectivity index (χ1) is 6.77. The van der Waals surface area contributed by atoms with Gasteiger partial charge in [-0.15, -0.1) is 0 Å². The van der Waals surface area contributed by atoms with Crippen LogP contribution in [0.25, 0.3) is 0 Å². The Morgan fingerprint density at radius 3 is 2.93 bits per heavy atom. The largest absolute Gasteiger partial charge is 0.488 e. The molecule has 0 amide bonds. The van der Waals surface area contributed by atoms with Crippen LogP contribution in [-0.2, 0) is 0 Å². The number of ether oxygens (including phenoxy) is 1. The van der Waals surface area contributed by atoms with Gasteiger partial charge in [-0.05, 0) is 25.3 Å². The second-order valence-corrected chi connectivity index (χ2v) is 3.35. The Labute approximate surface area is 81.5 Å². The average molecular weight is 193 g/mol. The summed E-state index contributed by atoms with van der Waals surface area (Å²) < 4.78 is 5.50. The van der Waals surface area contributed by atoms with Gasteiger partial charge in [-0.2, -0.15) is 0 Å². The molecule has 0 unspecified atom stereocenters. The van der Waals surface area contributed by atoms with Crippen molar-refractivity contribution in [3.8, 4) is 5.75 Å². The Balaban J connectivity index is 2.17. The van der Waals surface area contributed by atoms with Gasteiger partial charge in [0.2, 0.25) is 0 Å². The monoisotopic (exact) mass is 193 g/mol. The van der Waals surface area contributed by atoms with Gasteiger partial charge in [-0.1, -0.05) is 0 Å². The van der Waals surface area contributed by atoms with Crippen molar-refractivity contribution >= 4 is 5.97 Å². The highest BCUT2D eigenvalue weighted by molar-refractivity contribution is 5.90. The standard InChI is InChI=1S/C10H11NO3/c12-10(13)8-4-5-11-6-9(8)14-7-2-1-3-7/h4-7H,1-3H2,(H,12,13). The van der Waals surface area contributed by atoms with Crippen LogP contribution in [0.2, 0.25) is 0 Å². The first-order valence-electron chi connectivity index (χ1n) is 4.61. The minimum Gasteiger partial charge on any atom is -0.488 e. The lowest BCUT2D eigenvalue weighted by molar-refractivity contribution is 0.0679. The minimum absolute atomic E-state index is 0.178. The number of aromatic nitrogens is 1. The van der Waals surface area contributed by atoms with E-state index < -0.39 is 5.97 Å². The summed E-state index contributed by atoms with van der Waals surface area (Å²) in [6.45, 7) is 0. The van der Waals surface area contributed by atoms with E-state index in [1.807, 2.05) is 0 Å². The van der Waals surface area contributed by atoms with Crippen molar-refractivity contribution in [2.24, 2.45) is 0 Å². The molecule has 0 aliphatic heterocycles. The fourth-order valence-corrected chi connectivity index (χ4v) is 1.32. The van der Waals surface area contributed by atoms with E-state index in [4.69, 9.17) is 9.84 Å². The van der Waals surface area contributed by atoms with Crippen molar-refractivity contribution in [1.29, 1.82) is 0 Å². The SMILES string of the molecule is O=C(O)c1ccncc1OC1CCC1. The Bertz CT molecular complexity index is 347. The highest BCUT2D eigenvalue weighted by Gasteiger charge is 2.21. The van der Waals surface area contributed by atoms with E-state index in [1.54, 1.807) is 0 Å². The molecular weight excluding hydrogens is 182 g/mol. The fraction of sp³-hybridized carbons (Fsp3) is 0.400. The number of nitrogens with zero attached hydrogens (tertiary/aromatic N) is 1. The van der Waals surface area contributed by atoms with Crippen LogP contribution < -0.4 is 4.74 Å². The number of hydrogen-bond donors (Lipinski definition) is 1. The molecule has 1 saturated carbocycles. The second-order valence-electron chi connectivity index (χ2n) is 3.35. The van der Waals surface area contributed by atoms with E-state index in [0.717, 1.165) is 19.3 Å². The van der Waals surface area contributed by atoms with Gasteiger partial charge < -0.3 is 9.84 Å². The Kier molecular flexibility index (Phi) is 2.35. The predicted molar refractivity (Wildman–Crippen MR) is 49.5 cm³/mol. The first-order valence-corrected chi connectivity index (χ1v) is 4.61. The molecule has 14 heavy (non-hydrogen) atoms. The number of rotatable bonds is 3.